The maximum atomic E-state index is 8.90. The van der Waals surface area contributed by atoms with Crippen LogP contribution < -0.4 is 4.74 Å². The predicted molar refractivity (Wildman–Crippen MR) is 71.8 cm³/mol. The molecule has 4 heteroatoms. The van der Waals surface area contributed by atoms with E-state index in [1.165, 1.54) is 0 Å². The van der Waals surface area contributed by atoms with E-state index in [-0.39, 0.29) is 0 Å². The molecule has 0 atom stereocenters. The summed E-state index contributed by atoms with van der Waals surface area (Å²) in [5, 5.41) is 8.90. The number of methoxy groups -OCH3 is 1. The number of hydrogen-bond donors (Lipinski definition) is 0. The first-order valence-electron chi connectivity index (χ1n) is 5.92. The normalized spacial score (nSPS) is 9.89. The Labute approximate surface area is 112 Å². The number of ether oxygens (including phenoxy) is 2. The number of nitrogens with zero attached hydrogens (tertiary/aromatic N) is 2. The molecule has 4 nitrogen and oxygen atoms in total. The summed E-state index contributed by atoms with van der Waals surface area (Å²) in [7, 11) is 1.63. The fourth-order valence-corrected chi connectivity index (χ4v) is 1.65. The predicted octanol–water partition coefficient (Wildman–Crippen LogP) is 2.65. The Bertz CT molecular complexity index is 591. The highest BCUT2D eigenvalue weighted by Gasteiger charge is 2.02. The number of hydrogen-bond acceptors (Lipinski definition) is 4. The monoisotopic (exact) mass is 254 g/mol. The van der Waals surface area contributed by atoms with E-state index in [2.05, 4.69) is 11.1 Å². The van der Waals surface area contributed by atoms with Crippen LogP contribution in [0.2, 0.25) is 0 Å². The van der Waals surface area contributed by atoms with E-state index < -0.39 is 0 Å². The fraction of sp³-hybridized carbons (Fsp3) is 0.200. The van der Waals surface area contributed by atoms with E-state index in [0.717, 1.165) is 17.0 Å². The van der Waals surface area contributed by atoms with Crippen molar-refractivity contribution < 1.29 is 9.47 Å². The summed E-state index contributed by atoms with van der Waals surface area (Å²) in [5.74, 6) is 0.740. The van der Waals surface area contributed by atoms with Gasteiger partial charge in [-0.15, -0.1) is 0 Å². The molecule has 0 saturated carbocycles. The lowest BCUT2D eigenvalue weighted by molar-refractivity contribution is 0.146. The molecule has 0 unspecified atom stereocenters. The average Bonchev–Trinajstić information content (AvgIpc) is 2.48. The van der Waals surface area contributed by atoms with Gasteiger partial charge in [0.2, 0.25) is 0 Å². The molecule has 96 valence electrons. The Morgan fingerprint density at radius 1 is 1.21 bits per heavy atom. The van der Waals surface area contributed by atoms with Crippen molar-refractivity contribution in [2.24, 2.45) is 0 Å². The van der Waals surface area contributed by atoms with Crippen molar-refractivity contribution in [2.45, 2.75) is 0 Å². The molecule has 0 N–H and O–H groups in total. The van der Waals surface area contributed by atoms with Crippen LogP contribution in [0.25, 0.3) is 11.3 Å². The minimum atomic E-state index is 0.498. The maximum Gasteiger partial charge on any atom is 0.123 e. The molecule has 0 spiro atoms. The van der Waals surface area contributed by atoms with E-state index in [9.17, 15) is 0 Å². The summed E-state index contributed by atoms with van der Waals surface area (Å²) >= 11 is 0. The highest BCUT2D eigenvalue weighted by Crippen LogP contribution is 2.22. The second-order valence-corrected chi connectivity index (χ2v) is 3.91. The van der Waals surface area contributed by atoms with Crippen LogP contribution in [0.1, 0.15) is 5.56 Å². The van der Waals surface area contributed by atoms with Gasteiger partial charge in [0.25, 0.3) is 0 Å². The van der Waals surface area contributed by atoms with Gasteiger partial charge in [-0.3, -0.25) is 4.98 Å². The van der Waals surface area contributed by atoms with Crippen LogP contribution >= 0.6 is 0 Å². The Morgan fingerprint density at radius 2 is 2.11 bits per heavy atom. The lowest BCUT2D eigenvalue weighted by Gasteiger charge is -2.07. The van der Waals surface area contributed by atoms with Crippen molar-refractivity contribution in [1.29, 1.82) is 5.26 Å². The van der Waals surface area contributed by atoms with Crippen LogP contribution in [0, 0.1) is 11.3 Å². The van der Waals surface area contributed by atoms with Crippen molar-refractivity contribution in [2.75, 3.05) is 20.3 Å². The van der Waals surface area contributed by atoms with Crippen LogP contribution in [0.5, 0.6) is 5.75 Å². The van der Waals surface area contributed by atoms with Gasteiger partial charge in [-0.25, -0.2) is 0 Å². The minimum absolute atomic E-state index is 0.498. The third-order valence-corrected chi connectivity index (χ3v) is 2.58. The molecular weight excluding hydrogens is 240 g/mol. The van der Waals surface area contributed by atoms with Gasteiger partial charge < -0.3 is 9.47 Å². The molecule has 0 aliphatic rings. The molecule has 0 aliphatic carbocycles. The van der Waals surface area contributed by atoms with Gasteiger partial charge in [-0.2, -0.15) is 5.26 Å². The molecule has 19 heavy (non-hydrogen) atoms. The van der Waals surface area contributed by atoms with Gasteiger partial charge in [0.1, 0.15) is 12.4 Å². The summed E-state index contributed by atoms with van der Waals surface area (Å²) in [6.07, 6.45) is 1.69. The standard InChI is InChI=1S/C15H14N2O2/c1-18-7-8-19-14-5-6-17-15(10-14)13-4-2-3-12(9-13)11-16/h2-6,9-10H,7-8H2,1H3. The Balaban J connectivity index is 2.20. The summed E-state index contributed by atoms with van der Waals surface area (Å²) in [6.45, 7) is 1.04. The largest absolute Gasteiger partial charge is 0.491 e. The lowest BCUT2D eigenvalue weighted by Crippen LogP contribution is -2.04. The quantitative estimate of drug-likeness (QED) is 0.770. The van der Waals surface area contributed by atoms with Crippen molar-refractivity contribution in [3.8, 4) is 23.1 Å². The minimum Gasteiger partial charge on any atom is -0.491 e. The van der Waals surface area contributed by atoms with Gasteiger partial charge in [-0.05, 0) is 18.2 Å². The smallest absolute Gasteiger partial charge is 0.123 e. The van der Waals surface area contributed by atoms with E-state index in [4.69, 9.17) is 14.7 Å². The molecule has 0 aliphatic heterocycles. The molecule has 1 heterocycles. The molecule has 0 bridgehead atoms. The Hall–Kier alpha value is -2.38. The Kier molecular flexibility index (Phi) is 4.49. The highest BCUT2D eigenvalue weighted by atomic mass is 16.5. The topological polar surface area (TPSA) is 55.1 Å². The van der Waals surface area contributed by atoms with Crippen LogP contribution in [0.3, 0.4) is 0 Å². The lowest BCUT2D eigenvalue weighted by atomic mass is 10.1. The number of rotatable bonds is 5. The molecular formula is C15H14N2O2. The van der Waals surface area contributed by atoms with E-state index in [1.807, 2.05) is 18.2 Å². The first-order valence-corrected chi connectivity index (χ1v) is 5.92. The molecule has 0 radical (unpaired) electrons. The van der Waals surface area contributed by atoms with Crippen molar-refractivity contribution in [3.05, 3.63) is 48.2 Å². The molecule has 0 amide bonds. The number of nitriles is 1. The Morgan fingerprint density at radius 3 is 2.89 bits per heavy atom. The van der Waals surface area contributed by atoms with Gasteiger partial charge >= 0.3 is 0 Å². The molecule has 0 saturated heterocycles. The van der Waals surface area contributed by atoms with Crippen LogP contribution in [0.15, 0.2) is 42.6 Å². The summed E-state index contributed by atoms with van der Waals surface area (Å²) in [4.78, 5) is 4.29. The van der Waals surface area contributed by atoms with Crippen LogP contribution in [-0.4, -0.2) is 25.3 Å². The summed E-state index contributed by atoms with van der Waals surface area (Å²) in [5.41, 5.74) is 2.30. The number of aromatic nitrogens is 1. The van der Waals surface area contributed by atoms with Crippen molar-refractivity contribution in [3.63, 3.8) is 0 Å². The first kappa shape index (κ1) is 13.1. The molecule has 0 fully saturated rings. The third-order valence-electron chi connectivity index (χ3n) is 2.58. The van der Waals surface area contributed by atoms with E-state index in [0.29, 0.717) is 18.8 Å². The highest BCUT2D eigenvalue weighted by molar-refractivity contribution is 5.62. The zero-order valence-electron chi connectivity index (χ0n) is 10.7. The fourth-order valence-electron chi connectivity index (χ4n) is 1.65. The van der Waals surface area contributed by atoms with Gasteiger partial charge in [0, 0.05) is 24.9 Å². The first-order chi connectivity index (χ1) is 9.33. The third kappa shape index (κ3) is 3.54. The average molecular weight is 254 g/mol. The second-order valence-electron chi connectivity index (χ2n) is 3.91. The van der Waals surface area contributed by atoms with E-state index in [1.54, 1.807) is 31.5 Å². The van der Waals surface area contributed by atoms with Gasteiger partial charge in [-0.1, -0.05) is 12.1 Å². The van der Waals surface area contributed by atoms with Crippen LogP contribution in [-0.2, 0) is 4.74 Å². The van der Waals surface area contributed by atoms with Crippen LogP contribution in [0.4, 0.5) is 0 Å². The maximum absolute atomic E-state index is 8.90. The zero-order chi connectivity index (χ0) is 13.5. The van der Waals surface area contributed by atoms with E-state index >= 15 is 0 Å². The van der Waals surface area contributed by atoms with Crippen molar-refractivity contribution in [1.82, 2.24) is 4.98 Å². The summed E-state index contributed by atoms with van der Waals surface area (Å²) in [6, 6.07) is 13.1. The molecule has 2 rings (SSSR count). The van der Waals surface area contributed by atoms with Crippen molar-refractivity contribution >= 4 is 0 Å². The summed E-state index contributed by atoms with van der Waals surface area (Å²) < 4.78 is 10.5. The molecule has 1 aromatic carbocycles. The number of benzene rings is 1. The second kappa shape index (κ2) is 6.53. The zero-order valence-corrected chi connectivity index (χ0v) is 10.7. The SMILES string of the molecule is COCCOc1ccnc(-c2cccc(C#N)c2)c1. The van der Waals surface area contributed by atoms with Gasteiger partial charge in [0.15, 0.2) is 0 Å². The molecule has 1 aromatic heterocycles. The number of pyridine rings is 1. The van der Waals surface area contributed by atoms with Gasteiger partial charge in [0.05, 0.1) is 23.9 Å². The molecule has 2 aromatic rings.